The van der Waals surface area contributed by atoms with Crippen LogP contribution in [0.3, 0.4) is 0 Å². The number of sulfonamides is 1. The van der Waals surface area contributed by atoms with Gasteiger partial charge in [-0.25, -0.2) is 8.42 Å². The van der Waals surface area contributed by atoms with Gasteiger partial charge in [0.15, 0.2) is 0 Å². The zero-order chi connectivity index (χ0) is 13.5. The largest absolute Gasteiger partial charge is 0.314 e. The van der Waals surface area contributed by atoms with Gasteiger partial charge in [0, 0.05) is 26.2 Å². The van der Waals surface area contributed by atoms with Gasteiger partial charge < -0.3 is 4.57 Å². The van der Waals surface area contributed by atoms with E-state index in [2.05, 4.69) is 20.4 Å². The zero-order valence-corrected chi connectivity index (χ0v) is 11.3. The number of H-pyrrole nitrogens is 1. The molecule has 102 valence electrons. The van der Waals surface area contributed by atoms with Gasteiger partial charge in [0.1, 0.15) is 16.5 Å². The minimum absolute atomic E-state index is 0.149. The van der Waals surface area contributed by atoms with Crippen LogP contribution in [0.2, 0.25) is 0 Å². The molecule has 1 N–H and O–H groups in total. The summed E-state index contributed by atoms with van der Waals surface area (Å²) < 4.78 is 27.7. The summed E-state index contributed by atoms with van der Waals surface area (Å²) in [5.41, 5.74) is 0. The normalized spacial score (nSPS) is 15.1. The average Bonchev–Trinajstić information content (AvgIpc) is 3.07. The van der Waals surface area contributed by atoms with E-state index in [0.717, 1.165) is 25.2 Å². The van der Waals surface area contributed by atoms with Crippen molar-refractivity contribution in [1.82, 2.24) is 29.3 Å². The van der Waals surface area contributed by atoms with Gasteiger partial charge in [-0.05, 0) is 6.42 Å². The van der Waals surface area contributed by atoms with E-state index in [1.165, 1.54) is 23.7 Å². The van der Waals surface area contributed by atoms with E-state index in [1.807, 2.05) is 4.57 Å². The van der Waals surface area contributed by atoms with Crippen molar-refractivity contribution in [2.24, 2.45) is 0 Å². The van der Waals surface area contributed by atoms with E-state index in [-0.39, 0.29) is 11.4 Å². The topological polar surface area (TPSA) is 96.8 Å². The molecule has 0 amide bonds. The second kappa shape index (κ2) is 4.42. The molecule has 0 fully saturated rings. The minimum Gasteiger partial charge on any atom is -0.314 e. The Labute approximate surface area is 110 Å². The van der Waals surface area contributed by atoms with Crippen LogP contribution >= 0.6 is 0 Å². The van der Waals surface area contributed by atoms with Crippen molar-refractivity contribution in [3.8, 4) is 0 Å². The van der Waals surface area contributed by atoms with Crippen LogP contribution in [-0.2, 0) is 29.5 Å². The molecule has 9 heteroatoms. The molecule has 1 aliphatic rings. The van der Waals surface area contributed by atoms with Crippen LogP contribution in [0.25, 0.3) is 0 Å². The first kappa shape index (κ1) is 12.3. The van der Waals surface area contributed by atoms with Crippen LogP contribution in [0.15, 0.2) is 17.3 Å². The van der Waals surface area contributed by atoms with E-state index >= 15 is 0 Å². The van der Waals surface area contributed by atoms with Crippen LogP contribution in [0.5, 0.6) is 0 Å². The van der Waals surface area contributed by atoms with Crippen LogP contribution in [-0.4, -0.2) is 44.7 Å². The van der Waals surface area contributed by atoms with Gasteiger partial charge in [0.2, 0.25) is 10.0 Å². The molecular weight excluding hydrogens is 268 g/mol. The van der Waals surface area contributed by atoms with Crippen LogP contribution in [0.1, 0.15) is 18.1 Å². The minimum atomic E-state index is -3.53. The molecule has 3 heterocycles. The molecule has 0 saturated heterocycles. The molecule has 0 radical (unpaired) electrons. The van der Waals surface area contributed by atoms with E-state index in [4.69, 9.17) is 0 Å². The zero-order valence-electron chi connectivity index (χ0n) is 10.4. The quantitative estimate of drug-likeness (QED) is 0.835. The smallest absolute Gasteiger partial charge is 0.246 e. The fraction of sp³-hybridized carbons (Fsp3) is 0.500. The molecule has 0 bridgehead atoms. The number of aromatic nitrogens is 5. The third-order valence-corrected chi connectivity index (χ3v) is 5.00. The van der Waals surface area contributed by atoms with Crippen molar-refractivity contribution in [2.45, 2.75) is 30.8 Å². The molecule has 0 aromatic carbocycles. The van der Waals surface area contributed by atoms with Gasteiger partial charge in [-0.1, -0.05) is 0 Å². The second-order valence-corrected chi connectivity index (χ2v) is 6.53. The van der Waals surface area contributed by atoms with E-state index < -0.39 is 10.0 Å². The average molecular weight is 282 g/mol. The molecular formula is C10H14N6O2S. The fourth-order valence-corrected chi connectivity index (χ4v) is 3.20. The second-order valence-electron chi connectivity index (χ2n) is 4.48. The monoisotopic (exact) mass is 282 g/mol. The maximum atomic E-state index is 12.2. The highest BCUT2D eigenvalue weighted by Crippen LogP contribution is 2.18. The Morgan fingerprint density at radius 3 is 3.05 bits per heavy atom. The highest BCUT2D eigenvalue weighted by Gasteiger charge is 2.25. The van der Waals surface area contributed by atoms with E-state index in [0.29, 0.717) is 5.82 Å². The van der Waals surface area contributed by atoms with Crippen molar-refractivity contribution >= 4 is 10.0 Å². The number of hydrogen-bond donors (Lipinski definition) is 1. The highest BCUT2D eigenvalue weighted by atomic mass is 32.2. The van der Waals surface area contributed by atoms with Crippen molar-refractivity contribution in [2.75, 3.05) is 7.05 Å². The summed E-state index contributed by atoms with van der Waals surface area (Å²) in [5, 5.41) is 14.3. The highest BCUT2D eigenvalue weighted by molar-refractivity contribution is 7.89. The maximum absolute atomic E-state index is 12.2. The molecule has 1 aliphatic heterocycles. The summed E-state index contributed by atoms with van der Waals surface area (Å²) in [5.74, 6) is 1.62. The van der Waals surface area contributed by atoms with Crippen LogP contribution in [0, 0.1) is 0 Å². The van der Waals surface area contributed by atoms with Gasteiger partial charge in [-0.15, -0.1) is 10.2 Å². The molecule has 2 aromatic heterocycles. The van der Waals surface area contributed by atoms with Crippen molar-refractivity contribution in [3.63, 3.8) is 0 Å². The van der Waals surface area contributed by atoms with E-state index in [1.54, 1.807) is 0 Å². The summed E-state index contributed by atoms with van der Waals surface area (Å²) in [4.78, 5) is 0.149. The van der Waals surface area contributed by atoms with Crippen molar-refractivity contribution < 1.29 is 8.42 Å². The number of nitrogens with one attached hydrogen (secondary N) is 1. The Kier molecular flexibility index (Phi) is 2.86. The lowest BCUT2D eigenvalue weighted by atomic mass is 10.4. The number of fused-ring (bicyclic) bond motifs is 1. The lowest BCUT2D eigenvalue weighted by Crippen LogP contribution is -2.27. The Morgan fingerprint density at radius 1 is 1.47 bits per heavy atom. The SMILES string of the molecule is CN(Cc1nnc2n1CCC2)S(=O)(=O)c1cn[nH]c1. The maximum Gasteiger partial charge on any atom is 0.246 e. The van der Waals surface area contributed by atoms with Gasteiger partial charge >= 0.3 is 0 Å². The first-order valence-electron chi connectivity index (χ1n) is 5.95. The molecule has 0 aliphatic carbocycles. The standard InChI is InChI=1S/C10H14N6O2S/c1-15(19(17,18)8-5-11-12-6-8)7-10-14-13-9-3-2-4-16(9)10/h5-6H,2-4,7H2,1H3,(H,11,12). The summed E-state index contributed by atoms with van der Waals surface area (Å²) >= 11 is 0. The number of hydrogen-bond acceptors (Lipinski definition) is 5. The molecule has 2 aromatic rings. The Balaban J connectivity index is 1.84. The summed E-state index contributed by atoms with van der Waals surface area (Å²) in [6.45, 7) is 1.07. The summed E-state index contributed by atoms with van der Waals surface area (Å²) in [6.07, 6.45) is 4.60. The Hall–Kier alpha value is -1.74. The first-order valence-corrected chi connectivity index (χ1v) is 7.39. The number of rotatable bonds is 4. The van der Waals surface area contributed by atoms with Gasteiger partial charge in [-0.2, -0.15) is 9.40 Å². The van der Waals surface area contributed by atoms with Gasteiger partial charge in [-0.3, -0.25) is 5.10 Å². The number of nitrogens with zero attached hydrogens (tertiary/aromatic N) is 5. The Bertz CT molecular complexity index is 675. The van der Waals surface area contributed by atoms with Crippen LogP contribution < -0.4 is 0 Å². The van der Waals surface area contributed by atoms with Crippen molar-refractivity contribution in [3.05, 3.63) is 24.0 Å². The predicted molar refractivity (Wildman–Crippen MR) is 65.6 cm³/mol. The molecule has 0 saturated carbocycles. The molecule has 0 atom stereocenters. The first-order chi connectivity index (χ1) is 9.09. The third kappa shape index (κ3) is 2.04. The third-order valence-electron chi connectivity index (χ3n) is 3.23. The molecule has 0 unspecified atom stereocenters. The number of aromatic amines is 1. The van der Waals surface area contributed by atoms with Crippen molar-refractivity contribution in [1.29, 1.82) is 0 Å². The van der Waals surface area contributed by atoms with Gasteiger partial charge in [0.05, 0.1) is 12.7 Å². The van der Waals surface area contributed by atoms with Gasteiger partial charge in [0.25, 0.3) is 0 Å². The lowest BCUT2D eigenvalue weighted by Gasteiger charge is -2.15. The summed E-state index contributed by atoms with van der Waals surface area (Å²) in [7, 11) is -2.00. The summed E-state index contributed by atoms with van der Waals surface area (Å²) in [6, 6.07) is 0. The van der Waals surface area contributed by atoms with E-state index in [9.17, 15) is 8.42 Å². The lowest BCUT2D eigenvalue weighted by molar-refractivity contribution is 0.447. The molecule has 0 spiro atoms. The molecule has 3 rings (SSSR count). The molecule has 8 nitrogen and oxygen atoms in total. The predicted octanol–water partition coefficient (Wildman–Crippen LogP) is -0.232. The number of aryl methyl sites for hydroxylation is 1. The Morgan fingerprint density at radius 2 is 2.32 bits per heavy atom. The fourth-order valence-electron chi connectivity index (χ4n) is 2.17. The van der Waals surface area contributed by atoms with Crippen LogP contribution in [0.4, 0.5) is 0 Å². The molecule has 19 heavy (non-hydrogen) atoms.